The molecular weight excluding hydrogens is 438 g/mol. The summed E-state index contributed by atoms with van der Waals surface area (Å²) >= 11 is 0. The molecular formula is C23H29N7O4. The molecule has 1 aromatic carbocycles. The molecule has 11 nitrogen and oxygen atoms in total. The standard InChI is InChI=1S/C23H29N7O4/c1-5-32-23(33-6-2)16(3)22(31)25-19-14-10-13-18(24-19)15-34-27-20(17-11-8-7-9-12-17)21-26-28-29-30(21)4/h7-14,16,23H,5-6,15H2,1-4H3,(H,24,25,31). The number of hydrogen-bond acceptors (Lipinski definition) is 9. The van der Waals surface area contributed by atoms with Gasteiger partial charge in [-0.1, -0.05) is 41.6 Å². The fourth-order valence-electron chi connectivity index (χ4n) is 3.07. The van der Waals surface area contributed by atoms with Crippen LogP contribution in [0, 0.1) is 5.92 Å². The number of oxime groups is 1. The van der Waals surface area contributed by atoms with Gasteiger partial charge < -0.3 is 19.6 Å². The Kier molecular flexibility index (Phi) is 9.18. The van der Waals surface area contributed by atoms with E-state index in [9.17, 15) is 4.79 Å². The van der Waals surface area contributed by atoms with Gasteiger partial charge in [0, 0.05) is 25.8 Å². The van der Waals surface area contributed by atoms with E-state index >= 15 is 0 Å². The number of nitrogens with zero attached hydrogens (tertiary/aromatic N) is 6. The number of aryl methyl sites for hydroxylation is 1. The third kappa shape index (κ3) is 6.65. The maximum absolute atomic E-state index is 12.7. The van der Waals surface area contributed by atoms with Gasteiger partial charge in [-0.3, -0.25) is 4.79 Å². The Morgan fingerprint density at radius 2 is 1.82 bits per heavy atom. The van der Waals surface area contributed by atoms with E-state index in [0.717, 1.165) is 5.56 Å². The number of aromatic nitrogens is 5. The van der Waals surface area contributed by atoms with Crippen LogP contribution in [0.5, 0.6) is 0 Å². The van der Waals surface area contributed by atoms with Gasteiger partial charge in [-0.05, 0) is 43.3 Å². The fourth-order valence-corrected chi connectivity index (χ4v) is 3.07. The molecule has 1 N–H and O–H groups in total. The van der Waals surface area contributed by atoms with Gasteiger partial charge in [0.05, 0.1) is 11.6 Å². The second-order valence-electron chi connectivity index (χ2n) is 7.28. The summed E-state index contributed by atoms with van der Waals surface area (Å²) in [7, 11) is 1.73. The molecule has 0 saturated carbocycles. The highest BCUT2D eigenvalue weighted by molar-refractivity contribution is 6.10. The Balaban J connectivity index is 1.68. The lowest BCUT2D eigenvalue weighted by molar-refractivity contribution is -0.170. The summed E-state index contributed by atoms with van der Waals surface area (Å²) in [6.45, 7) is 6.44. The van der Waals surface area contributed by atoms with E-state index in [4.69, 9.17) is 14.3 Å². The molecule has 3 rings (SSSR count). The Morgan fingerprint density at radius 3 is 2.47 bits per heavy atom. The lowest BCUT2D eigenvalue weighted by Gasteiger charge is -2.22. The first-order valence-electron chi connectivity index (χ1n) is 11.0. The second kappa shape index (κ2) is 12.5. The summed E-state index contributed by atoms with van der Waals surface area (Å²) in [5, 5.41) is 18.6. The molecule has 0 bridgehead atoms. The summed E-state index contributed by atoms with van der Waals surface area (Å²) in [5.74, 6) is 0.0954. The van der Waals surface area contributed by atoms with E-state index in [0.29, 0.717) is 36.3 Å². The average Bonchev–Trinajstić information content (AvgIpc) is 3.27. The zero-order valence-corrected chi connectivity index (χ0v) is 19.7. The maximum atomic E-state index is 12.7. The van der Waals surface area contributed by atoms with E-state index in [1.165, 1.54) is 4.68 Å². The molecule has 1 unspecified atom stereocenters. The van der Waals surface area contributed by atoms with Crippen molar-refractivity contribution in [2.75, 3.05) is 18.5 Å². The normalized spacial score (nSPS) is 12.6. The number of benzene rings is 1. The van der Waals surface area contributed by atoms with E-state index in [1.807, 2.05) is 44.2 Å². The molecule has 34 heavy (non-hydrogen) atoms. The van der Waals surface area contributed by atoms with Crippen LogP contribution >= 0.6 is 0 Å². The highest BCUT2D eigenvalue weighted by Gasteiger charge is 2.25. The van der Waals surface area contributed by atoms with Crippen LogP contribution in [-0.2, 0) is 32.8 Å². The Bertz CT molecular complexity index is 1080. The van der Waals surface area contributed by atoms with Crippen molar-refractivity contribution < 1.29 is 19.1 Å². The van der Waals surface area contributed by atoms with E-state index in [1.54, 1.807) is 32.2 Å². The number of amides is 1. The van der Waals surface area contributed by atoms with Gasteiger partial charge in [-0.15, -0.1) is 5.10 Å². The van der Waals surface area contributed by atoms with Gasteiger partial charge in [0.15, 0.2) is 18.6 Å². The van der Waals surface area contributed by atoms with Crippen molar-refractivity contribution in [3.05, 3.63) is 65.6 Å². The summed E-state index contributed by atoms with van der Waals surface area (Å²) in [6, 6.07) is 14.7. The van der Waals surface area contributed by atoms with Crippen molar-refractivity contribution in [2.45, 2.75) is 33.7 Å². The molecule has 0 saturated heterocycles. The smallest absolute Gasteiger partial charge is 0.233 e. The molecule has 180 valence electrons. The largest absolute Gasteiger partial charge is 0.389 e. The summed E-state index contributed by atoms with van der Waals surface area (Å²) in [5.41, 5.74) is 1.88. The van der Waals surface area contributed by atoms with Gasteiger partial charge in [-0.25, -0.2) is 9.67 Å². The lowest BCUT2D eigenvalue weighted by atomic mass is 10.1. The summed E-state index contributed by atoms with van der Waals surface area (Å²) < 4.78 is 12.6. The molecule has 1 atom stereocenters. The number of rotatable bonds is 12. The number of pyridine rings is 1. The summed E-state index contributed by atoms with van der Waals surface area (Å²) in [6.07, 6.45) is -0.623. The molecule has 0 radical (unpaired) electrons. The predicted octanol–water partition coefficient (Wildman–Crippen LogP) is 2.55. The highest BCUT2D eigenvalue weighted by atomic mass is 16.7. The van der Waals surface area contributed by atoms with Crippen LogP contribution in [0.2, 0.25) is 0 Å². The Hall–Kier alpha value is -3.70. The van der Waals surface area contributed by atoms with E-state index in [-0.39, 0.29) is 12.5 Å². The molecule has 0 fully saturated rings. The topological polar surface area (TPSA) is 126 Å². The van der Waals surface area contributed by atoms with Crippen LogP contribution in [0.3, 0.4) is 0 Å². The molecule has 2 aromatic heterocycles. The fraction of sp³-hybridized carbons (Fsp3) is 0.391. The number of carbonyl (C=O) groups excluding carboxylic acids is 1. The second-order valence-corrected chi connectivity index (χ2v) is 7.28. The zero-order valence-electron chi connectivity index (χ0n) is 19.7. The molecule has 0 aliphatic heterocycles. The van der Waals surface area contributed by atoms with Crippen molar-refractivity contribution in [2.24, 2.45) is 18.1 Å². The Labute approximate surface area is 198 Å². The first-order valence-corrected chi connectivity index (χ1v) is 11.0. The van der Waals surface area contributed by atoms with Gasteiger partial charge >= 0.3 is 0 Å². The van der Waals surface area contributed by atoms with Crippen LogP contribution in [-0.4, -0.2) is 56.3 Å². The number of tetrazole rings is 1. The monoisotopic (exact) mass is 467 g/mol. The third-order valence-corrected chi connectivity index (χ3v) is 4.79. The molecule has 0 aliphatic rings. The molecule has 0 spiro atoms. The van der Waals surface area contributed by atoms with Crippen molar-refractivity contribution in [3.8, 4) is 0 Å². The van der Waals surface area contributed by atoms with Crippen molar-refractivity contribution >= 4 is 17.4 Å². The number of ether oxygens (including phenoxy) is 2. The summed E-state index contributed by atoms with van der Waals surface area (Å²) in [4.78, 5) is 22.7. The van der Waals surface area contributed by atoms with E-state index < -0.39 is 12.2 Å². The average molecular weight is 468 g/mol. The van der Waals surface area contributed by atoms with Gasteiger partial charge in [0.25, 0.3) is 0 Å². The van der Waals surface area contributed by atoms with Crippen molar-refractivity contribution in [1.82, 2.24) is 25.2 Å². The van der Waals surface area contributed by atoms with Gasteiger partial charge in [-0.2, -0.15) is 0 Å². The van der Waals surface area contributed by atoms with Crippen LogP contribution in [0.1, 0.15) is 37.9 Å². The molecule has 1 amide bonds. The van der Waals surface area contributed by atoms with Crippen molar-refractivity contribution in [1.29, 1.82) is 0 Å². The quantitative estimate of drug-likeness (QED) is 0.245. The highest BCUT2D eigenvalue weighted by Crippen LogP contribution is 2.14. The number of nitrogens with one attached hydrogen (secondary N) is 1. The third-order valence-electron chi connectivity index (χ3n) is 4.79. The Morgan fingerprint density at radius 1 is 1.09 bits per heavy atom. The number of hydrogen-bond donors (Lipinski definition) is 1. The molecule has 11 heteroatoms. The first-order chi connectivity index (χ1) is 16.5. The predicted molar refractivity (Wildman–Crippen MR) is 125 cm³/mol. The number of carbonyl (C=O) groups is 1. The van der Waals surface area contributed by atoms with Crippen LogP contribution < -0.4 is 5.32 Å². The van der Waals surface area contributed by atoms with Crippen LogP contribution in [0.25, 0.3) is 0 Å². The zero-order chi connectivity index (χ0) is 24.3. The molecule has 3 aromatic rings. The number of anilines is 1. The minimum absolute atomic E-state index is 0.0847. The van der Waals surface area contributed by atoms with Gasteiger partial charge in [0.2, 0.25) is 11.7 Å². The maximum Gasteiger partial charge on any atom is 0.233 e. The first kappa shape index (κ1) is 24.9. The minimum atomic E-state index is -0.623. The molecule has 0 aliphatic carbocycles. The van der Waals surface area contributed by atoms with Crippen LogP contribution in [0.15, 0.2) is 53.7 Å². The van der Waals surface area contributed by atoms with E-state index in [2.05, 4.69) is 31.0 Å². The van der Waals surface area contributed by atoms with Gasteiger partial charge in [0.1, 0.15) is 5.82 Å². The van der Waals surface area contributed by atoms with Crippen molar-refractivity contribution in [3.63, 3.8) is 0 Å². The SMILES string of the molecule is CCOC(OCC)C(C)C(=O)Nc1cccc(CON=C(c2ccccc2)c2nnnn2C)n1. The lowest BCUT2D eigenvalue weighted by Crippen LogP contribution is -2.35. The van der Waals surface area contributed by atoms with Crippen LogP contribution in [0.4, 0.5) is 5.82 Å². The minimum Gasteiger partial charge on any atom is -0.389 e. The molecule has 2 heterocycles.